The number of hydrogen-bond acceptors (Lipinski definition) is 3. The van der Waals surface area contributed by atoms with Crippen LogP contribution in [0.15, 0.2) is 12.1 Å². The quantitative estimate of drug-likeness (QED) is 0.685. The minimum atomic E-state index is -1.34. The van der Waals surface area contributed by atoms with Gasteiger partial charge in [-0.25, -0.2) is 8.78 Å². The maximum absolute atomic E-state index is 13.2. The lowest BCUT2D eigenvalue weighted by molar-refractivity contribution is -0.385. The van der Waals surface area contributed by atoms with Crippen molar-refractivity contribution in [2.75, 3.05) is 0 Å². The first kappa shape index (κ1) is 14.4. The second-order valence-corrected chi connectivity index (χ2v) is 5.13. The van der Waals surface area contributed by atoms with Crippen LogP contribution in [-0.4, -0.2) is 16.9 Å². The van der Waals surface area contributed by atoms with Crippen LogP contribution in [0.5, 0.6) is 0 Å². The third-order valence-electron chi connectivity index (χ3n) is 3.51. The summed E-state index contributed by atoms with van der Waals surface area (Å²) in [5, 5.41) is 13.5. The van der Waals surface area contributed by atoms with E-state index in [-0.39, 0.29) is 6.04 Å². The maximum Gasteiger partial charge on any atom is 0.285 e. The number of carbonyl (C=O) groups excluding carboxylic acids is 1. The molecule has 2 atom stereocenters. The number of carbonyl (C=O) groups is 1. The Morgan fingerprint density at radius 1 is 1.35 bits per heavy atom. The molecular formula is C13H14F2N2O3. The van der Waals surface area contributed by atoms with Crippen molar-refractivity contribution in [3.05, 3.63) is 39.4 Å². The molecule has 0 spiro atoms. The summed E-state index contributed by atoms with van der Waals surface area (Å²) in [4.78, 5) is 21.9. The predicted octanol–water partition coefficient (Wildman–Crippen LogP) is 2.79. The largest absolute Gasteiger partial charge is 0.349 e. The van der Waals surface area contributed by atoms with Crippen molar-refractivity contribution in [3.63, 3.8) is 0 Å². The molecule has 1 aromatic rings. The van der Waals surface area contributed by atoms with Gasteiger partial charge < -0.3 is 5.32 Å². The Hall–Kier alpha value is -2.05. The third-order valence-corrected chi connectivity index (χ3v) is 3.51. The molecule has 2 unspecified atom stereocenters. The van der Waals surface area contributed by atoms with Gasteiger partial charge in [0.15, 0.2) is 11.6 Å². The molecule has 0 bridgehead atoms. The van der Waals surface area contributed by atoms with Gasteiger partial charge in [0, 0.05) is 6.04 Å². The van der Waals surface area contributed by atoms with Gasteiger partial charge in [-0.05, 0) is 31.2 Å². The standard InChI is InChI=1S/C13H14F2N2O3/c1-7-2-3-8(4-7)16-13(18)9-5-10(14)11(15)6-12(9)17(19)20/h5-8H,2-4H2,1H3,(H,16,18). The molecule has 1 aromatic carbocycles. The average Bonchev–Trinajstić information content (AvgIpc) is 2.77. The monoisotopic (exact) mass is 284 g/mol. The van der Waals surface area contributed by atoms with Crippen molar-refractivity contribution in [2.24, 2.45) is 5.92 Å². The molecule has 1 aliphatic rings. The highest BCUT2D eigenvalue weighted by molar-refractivity contribution is 5.98. The summed E-state index contributed by atoms with van der Waals surface area (Å²) in [5.74, 6) is -2.89. The van der Waals surface area contributed by atoms with Gasteiger partial charge in [0.25, 0.3) is 11.6 Å². The lowest BCUT2D eigenvalue weighted by Crippen LogP contribution is -2.33. The second-order valence-electron chi connectivity index (χ2n) is 5.13. The summed E-state index contributed by atoms with van der Waals surface area (Å²) in [5.41, 5.74) is -1.18. The van der Waals surface area contributed by atoms with Gasteiger partial charge >= 0.3 is 0 Å². The molecule has 20 heavy (non-hydrogen) atoms. The van der Waals surface area contributed by atoms with Crippen LogP contribution in [0.4, 0.5) is 14.5 Å². The highest BCUT2D eigenvalue weighted by Crippen LogP contribution is 2.26. The molecule has 1 N–H and O–H groups in total. The fraction of sp³-hybridized carbons (Fsp3) is 0.462. The molecule has 1 amide bonds. The molecule has 0 heterocycles. The van der Waals surface area contributed by atoms with E-state index in [0.29, 0.717) is 18.1 Å². The normalized spacial score (nSPS) is 21.8. The van der Waals surface area contributed by atoms with Gasteiger partial charge in [-0.1, -0.05) is 6.92 Å². The van der Waals surface area contributed by atoms with E-state index in [1.54, 1.807) is 0 Å². The Labute approximate surface area is 114 Å². The number of nitrogens with zero attached hydrogens (tertiary/aromatic N) is 1. The van der Waals surface area contributed by atoms with Gasteiger partial charge in [0.1, 0.15) is 5.56 Å². The van der Waals surface area contributed by atoms with Crippen LogP contribution in [0.3, 0.4) is 0 Å². The maximum atomic E-state index is 13.2. The fourth-order valence-corrected chi connectivity index (χ4v) is 2.47. The Morgan fingerprint density at radius 3 is 2.55 bits per heavy atom. The van der Waals surface area contributed by atoms with Crippen LogP contribution in [0.25, 0.3) is 0 Å². The molecule has 2 rings (SSSR count). The molecule has 5 nitrogen and oxygen atoms in total. The molecule has 0 aliphatic heterocycles. The molecule has 0 radical (unpaired) electrons. The van der Waals surface area contributed by atoms with Crippen LogP contribution >= 0.6 is 0 Å². The van der Waals surface area contributed by atoms with Crippen LogP contribution in [-0.2, 0) is 0 Å². The van der Waals surface area contributed by atoms with Crippen LogP contribution < -0.4 is 5.32 Å². The number of halogens is 2. The third kappa shape index (κ3) is 2.92. The smallest absolute Gasteiger partial charge is 0.285 e. The first-order valence-electron chi connectivity index (χ1n) is 6.32. The highest BCUT2D eigenvalue weighted by atomic mass is 19.2. The topological polar surface area (TPSA) is 72.2 Å². The predicted molar refractivity (Wildman–Crippen MR) is 67.3 cm³/mol. The van der Waals surface area contributed by atoms with E-state index in [1.165, 1.54) is 0 Å². The minimum Gasteiger partial charge on any atom is -0.349 e. The second kappa shape index (κ2) is 5.52. The fourth-order valence-electron chi connectivity index (χ4n) is 2.47. The first-order valence-corrected chi connectivity index (χ1v) is 6.32. The Kier molecular flexibility index (Phi) is 3.96. The highest BCUT2D eigenvalue weighted by Gasteiger charge is 2.28. The van der Waals surface area contributed by atoms with E-state index in [2.05, 4.69) is 5.32 Å². The Bertz CT molecular complexity index is 563. The van der Waals surface area contributed by atoms with Crippen LogP contribution in [0.2, 0.25) is 0 Å². The summed E-state index contributed by atoms with van der Waals surface area (Å²) in [7, 11) is 0. The summed E-state index contributed by atoms with van der Waals surface area (Å²) in [6.07, 6.45) is 2.53. The summed E-state index contributed by atoms with van der Waals surface area (Å²) < 4.78 is 26.2. The van der Waals surface area contributed by atoms with Crippen molar-refractivity contribution < 1.29 is 18.5 Å². The molecule has 1 aliphatic carbocycles. The first-order chi connectivity index (χ1) is 9.38. The molecule has 0 saturated heterocycles. The number of benzene rings is 1. The van der Waals surface area contributed by atoms with Crippen molar-refractivity contribution in [1.29, 1.82) is 0 Å². The van der Waals surface area contributed by atoms with Crippen molar-refractivity contribution in [2.45, 2.75) is 32.2 Å². The summed E-state index contributed by atoms with van der Waals surface area (Å²) >= 11 is 0. The number of hydrogen-bond donors (Lipinski definition) is 1. The van der Waals surface area contributed by atoms with Gasteiger partial charge in [0.05, 0.1) is 11.0 Å². The number of nitro groups is 1. The zero-order valence-corrected chi connectivity index (χ0v) is 10.9. The van der Waals surface area contributed by atoms with E-state index in [1.807, 2.05) is 6.92 Å². The van der Waals surface area contributed by atoms with E-state index in [4.69, 9.17) is 0 Å². The van der Waals surface area contributed by atoms with Crippen molar-refractivity contribution >= 4 is 11.6 Å². The summed E-state index contributed by atoms with van der Waals surface area (Å²) in [6, 6.07) is 0.924. The van der Waals surface area contributed by atoms with Crippen LogP contribution in [0, 0.1) is 27.7 Å². The number of nitrogens with one attached hydrogen (secondary N) is 1. The summed E-state index contributed by atoms with van der Waals surface area (Å²) in [6.45, 7) is 2.05. The molecule has 0 aromatic heterocycles. The Morgan fingerprint density at radius 2 is 2.00 bits per heavy atom. The average molecular weight is 284 g/mol. The molecule has 7 heteroatoms. The van der Waals surface area contributed by atoms with Gasteiger partial charge in [-0.15, -0.1) is 0 Å². The number of nitro benzene ring substituents is 1. The zero-order valence-electron chi connectivity index (χ0n) is 10.9. The lowest BCUT2D eigenvalue weighted by atomic mass is 10.1. The lowest BCUT2D eigenvalue weighted by Gasteiger charge is -2.12. The number of rotatable bonds is 3. The van der Waals surface area contributed by atoms with Gasteiger partial charge in [-0.3, -0.25) is 14.9 Å². The van der Waals surface area contributed by atoms with Crippen LogP contribution in [0.1, 0.15) is 36.5 Å². The van der Waals surface area contributed by atoms with Crippen molar-refractivity contribution in [1.82, 2.24) is 5.32 Å². The molecular weight excluding hydrogens is 270 g/mol. The zero-order chi connectivity index (χ0) is 14.9. The van der Waals surface area contributed by atoms with Gasteiger partial charge in [-0.2, -0.15) is 0 Å². The SMILES string of the molecule is CC1CCC(NC(=O)c2cc(F)c(F)cc2[N+](=O)[O-])C1. The molecule has 108 valence electrons. The van der Waals surface area contributed by atoms with E-state index in [9.17, 15) is 23.7 Å². The van der Waals surface area contributed by atoms with Gasteiger partial charge in [0.2, 0.25) is 0 Å². The Balaban J connectivity index is 2.24. The number of amides is 1. The molecule has 1 saturated carbocycles. The van der Waals surface area contributed by atoms with E-state index < -0.39 is 33.7 Å². The molecule has 1 fully saturated rings. The minimum absolute atomic E-state index is 0.0785. The van der Waals surface area contributed by atoms with E-state index >= 15 is 0 Å². The van der Waals surface area contributed by atoms with Crippen molar-refractivity contribution in [3.8, 4) is 0 Å². The van der Waals surface area contributed by atoms with E-state index in [0.717, 1.165) is 19.3 Å².